The van der Waals surface area contributed by atoms with Gasteiger partial charge in [0.05, 0.1) is 12.1 Å². The molecule has 0 aliphatic heterocycles. The second kappa shape index (κ2) is 5.69. The number of hydrogen-bond acceptors (Lipinski definition) is 4. The van der Waals surface area contributed by atoms with E-state index in [0.29, 0.717) is 6.61 Å². The molecule has 0 fully saturated rings. The number of pyridine rings is 1. The highest BCUT2D eigenvalue weighted by molar-refractivity contribution is 5.93. The first-order valence-corrected chi connectivity index (χ1v) is 6.14. The van der Waals surface area contributed by atoms with E-state index in [9.17, 15) is 0 Å². The molecule has 0 saturated carbocycles. The zero-order chi connectivity index (χ0) is 13.0. The molecule has 96 valence electrons. The third-order valence-corrected chi connectivity index (χ3v) is 3.03. The number of nitrogens with zero attached hydrogens (tertiary/aromatic N) is 2. The number of hydrogen-bond donors (Lipinski definition) is 1. The number of rotatable bonds is 5. The number of likely N-dealkylation sites (N-methyl/N-ethyl adjacent to an activating group) is 1. The van der Waals surface area contributed by atoms with Crippen molar-refractivity contribution in [3.8, 4) is 0 Å². The summed E-state index contributed by atoms with van der Waals surface area (Å²) in [7, 11) is 1.72. The van der Waals surface area contributed by atoms with Crippen LogP contribution in [0.4, 0.5) is 11.4 Å². The van der Waals surface area contributed by atoms with Crippen molar-refractivity contribution >= 4 is 22.3 Å². The summed E-state index contributed by atoms with van der Waals surface area (Å²) >= 11 is 0. The molecular formula is C14H19N3O. The molecule has 0 bridgehead atoms. The van der Waals surface area contributed by atoms with Gasteiger partial charge in [-0.15, -0.1) is 0 Å². The number of anilines is 2. The largest absolute Gasteiger partial charge is 0.399 e. The SMILES string of the molecule is CCN(CCOC)c1ccnc2cc(N)ccc12. The van der Waals surface area contributed by atoms with Crippen LogP contribution in [0.5, 0.6) is 0 Å². The Labute approximate surface area is 107 Å². The Hall–Kier alpha value is -1.81. The van der Waals surface area contributed by atoms with E-state index in [0.717, 1.165) is 29.7 Å². The van der Waals surface area contributed by atoms with E-state index in [1.54, 1.807) is 7.11 Å². The van der Waals surface area contributed by atoms with Crippen molar-refractivity contribution in [3.63, 3.8) is 0 Å². The van der Waals surface area contributed by atoms with E-state index in [2.05, 4.69) is 16.8 Å². The number of methoxy groups -OCH3 is 1. The van der Waals surface area contributed by atoms with Crippen LogP contribution in [0.25, 0.3) is 10.9 Å². The maximum atomic E-state index is 5.79. The van der Waals surface area contributed by atoms with Gasteiger partial charge in [0.25, 0.3) is 0 Å². The van der Waals surface area contributed by atoms with E-state index in [4.69, 9.17) is 10.5 Å². The van der Waals surface area contributed by atoms with E-state index in [-0.39, 0.29) is 0 Å². The molecule has 1 aromatic carbocycles. The second-order valence-electron chi connectivity index (χ2n) is 4.18. The van der Waals surface area contributed by atoms with Crippen molar-refractivity contribution in [2.45, 2.75) is 6.92 Å². The fourth-order valence-corrected chi connectivity index (χ4v) is 2.08. The molecule has 0 unspecified atom stereocenters. The maximum Gasteiger partial charge on any atom is 0.0743 e. The van der Waals surface area contributed by atoms with Crippen LogP contribution < -0.4 is 10.6 Å². The van der Waals surface area contributed by atoms with Crippen molar-refractivity contribution in [2.24, 2.45) is 0 Å². The van der Waals surface area contributed by atoms with Gasteiger partial charge >= 0.3 is 0 Å². The fourth-order valence-electron chi connectivity index (χ4n) is 2.08. The molecule has 0 saturated heterocycles. The molecule has 0 spiro atoms. The minimum absolute atomic E-state index is 0.715. The van der Waals surface area contributed by atoms with Crippen molar-refractivity contribution in [1.29, 1.82) is 0 Å². The fraction of sp³-hybridized carbons (Fsp3) is 0.357. The van der Waals surface area contributed by atoms with Gasteiger partial charge in [0.2, 0.25) is 0 Å². The third-order valence-electron chi connectivity index (χ3n) is 3.03. The topological polar surface area (TPSA) is 51.4 Å². The Morgan fingerprint density at radius 2 is 2.17 bits per heavy atom. The number of nitrogens with two attached hydrogens (primary N) is 1. The van der Waals surface area contributed by atoms with Crippen LogP contribution in [-0.2, 0) is 4.74 Å². The normalized spacial score (nSPS) is 10.8. The summed E-state index contributed by atoms with van der Waals surface area (Å²) in [5.41, 5.74) is 8.65. The summed E-state index contributed by atoms with van der Waals surface area (Å²) in [6.45, 7) is 4.66. The summed E-state index contributed by atoms with van der Waals surface area (Å²) in [4.78, 5) is 6.64. The first-order valence-electron chi connectivity index (χ1n) is 6.14. The summed E-state index contributed by atoms with van der Waals surface area (Å²) in [6.07, 6.45) is 1.83. The molecule has 2 aromatic rings. The molecule has 1 aromatic heterocycles. The molecule has 4 heteroatoms. The minimum atomic E-state index is 0.715. The van der Waals surface area contributed by atoms with E-state index >= 15 is 0 Å². The zero-order valence-electron chi connectivity index (χ0n) is 10.9. The number of ether oxygens (including phenoxy) is 1. The second-order valence-corrected chi connectivity index (χ2v) is 4.18. The zero-order valence-corrected chi connectivity index (χ0v) is 10.9. The van der Waals surface area contributed by atoms with E-state index in [1.165, 1.54) is 5.69 Å². The lowest BCUT2D eigenvalue weighted by molar-refractivity contribution is 0.205. The summed E-state index contributed by atoms with van der Waals surface area (Å²) in [5.74, 6) is 0. The number of nitrogen functional groups attached to an aromatic ring is 1. The predicted molar refractivity (Wildman–Crippen MR) is 75.9 cm³/mol. The van der Waals surface area contributed by atoms with Crippen LogP contribution in [-0.4, -0.2) is 31.8 Å². The highest BCUT2D eigenvalue weighted by atomic mass is 16.5. The van der Waals surface area contributed by atoms with Gasteiger partial charge in [-0.1, -0.05) is 0 Å². The van der Waals surface area contributed by atoms with Crippen molar-refractivity contribution in [1.82, 2.24) is 4.98 Å². The summed E-state index contributed by atoms with van der Waals surface area (Å²) in [6, 6.07) is 7.89. The van der Waals surface area contributed by atoms with Gasteiger partial charge in [-0.3, -0.25) is 4.98 Å². The molecule has 2 N–H and O–H groups in total. The molecule has 2 rings (SSSR count). The van der Waals surface area contributed by atoms with E-state index in [1.807, 2.05) is 30.5 Å². The Morgan fingerprint density at radius 3 is 2.89 bits per heavy atom. The average molecular weight is 245 g/mol. The van der Waals surface area contributed by atoms with Gasteiger partial charge in [-0.05, 0) is 31.2 Å². The Bertz CT molecular complexity index is 527. The Balaban J connectivity index is 2.42. The predicted octanol–water partition coefficient (Wildman–Crippen LogP) is 2.29. The molecule has 0 atom stereocenters. The number of aromatic nitrogens is 1. The minimum Gasteiger partial charge on any atom is -0.399 e. The van der Waals surface area contributed by atoms with Crippen molar-refractivity contribution < 1.29 is 4.74 Å². The lowest BCUT2D eigenvalue weighted by Gasteiger charge is -2.24. The smallest absolute Gasteiger partial charge is 0.0743 e. The van der Waals surface area contributed by atoms with Crippen LogP contribution in [0, 0.1) is 0 Å². The number of benzene rings is 1. The van der Waals surface area contributed by atoms with Crippen LogP contribution in [0.3, 0.4) is 0 Å². The summed E-state index contributed by atoms with van der Waals surface area (Å²) < 4.78 is 5.15. The van der Waals surface area contributed by atoms with Gasteiger partial charge in [0, 0.05) is 43.2 Å². The van der Waals surface area contributed by atoms with Crippen LogP contribution >= 0.6 is 0 Å². The lowest BCUT2D eigenvalue weighted by atomic mass is 10.1. The Morgan fingerprint density at radius 1 is 1.33 bits per heavy atom. The molecule has 0 radical (unpaired) electrons. The molecular weight excluding hydrogens is 226 g/mol. The van der Waals surface area contributed by atoms with Gasteiger partial charge in [-0.25, -0.2) is 0 Å². The van der Waals surface area contributed by atoms with Crippen molar-refractivity contribution in [2.75, 3.05) is 37.4 Å². The maximum absolute atomic E-state index is 5.79. The molecule has 4 nitrogen and oxygen atoms in total. The first-order chi connectivity index (χ1) is 8.76. The van der Waals surface area contributed by atoms with Crippen LogP contribution in [0.1, 0.15) is 6.92 Å². The molecule has 1 heterocycles. The average Bonchev–Trinajstić information content (AvgIpc) is 2.39. The quantitative estimate of drug-likeness (QED) is 0.821. The Kier molecular flexibility index (Phi) is 3.99. The molecule has 0 aliphatic carbocycles. The number of fused-ring (bicyclic) bond motifs is 1. The standard InChI is InChI=1S/C14H19N3O/c1-3-17(8-9-18-2)14-6-7-16-13-10-11(15)4-5-12(13)14/h4-7,10H,3,8-9,15H2,1-2H3. The highest BCUT2D eigenvalue weighted by Gasteiger charge is 2.08. The third kappa shape index (κ3) is 2.54. The summed E-state index contributed by atoms with van der Waals surface area (Å²) in [5, 5.41) is 1.13. The van der Waals surface area contributed by atoms with Gasteiger partial charge in [-0.2, -0.15) is 0 Å². The highest BCUT2D eigenvalue weighted by Crippen LogP contribution is 2.26. The molecule has 0 aliphatic rings. The van der Waals surface area contributed by atoms with Gasteiger partial charge < -0.3 is 15.4 Å². The molecule has 18 heavy (non-hydrogen) atoms. The van der Waals surface area contributed by atoms with Gasteiger partial charge in [0.1, 0.15) is 0 Å². The van der Waals surface area contributed by atoms with Crippen molar-refractivity contribution in [3.05, 3.63) is 30.5 Å². The monoisotopic (exact) mass is 245 g/mol. The van der Waals surface area contributed by atoms with Gasteiger partial charge in [0.15, 0.2) is 0 Å². The lowest BCUT2D eigenvalue weighted by Crippen LogP contribution is -2.27. The van der Waals surface area contributed by atoms with E-state index < -0.39 is 0 Å². The van der Waals surface area contributed by atoms with Crippen LogP contribution in [0.15, 0.2) is 30.5 Å². The first kappa shape index (κ1) is 12.6. The van der Waals surface area contributed by atoms with Crippen LogP contribution in [0.2, 0.25) is 0 Å². The molecule has 0 amide bonds.